The van der Waals surface area contributed by atoms with E-state index < -0.39 is 17.7 Å². The van der Waals surface area contributed by atoms with Crippen molar-refractivity contribution in [3.05, 3.63) is 53.0 Å². The molecular formula is C31H40ClFN4O6. The lowest BCUT2D eigenvalue weighted by atomic mass is 10.0. The van der Waals surface area contributed by atoms with Gasteiger partial charge in [0.15, 0.2) is 0 Å². The number of carbonyl (C=O) groups is 3. The number of halogens is 2. The van der Waals surface area contributed by atoms with Crippen molar-refractivity contribution in [1.29, 1.82) is 0 Å². The number of alkyl halides is 1. The van der Waals surface area contributed by atoms with Crippen molar-refractivity contribution in [2.24, 2.45) is 0 Å². The van der Waals surface area contributed by atoms with Crippen molar-refractivity contribution in [3.63, 3.8) is 0 Å². The van der Waals surface area contributed by atoms with E-state index in [1.54, 1.807) is 21.9 Å². The number of fused-ring (bicyclic) bond motifs is 1. The number of benzene rings is 1. The summed E-state index contributed by atoms with van der Waals surface area (Å²) in [6.07, 6.45) is -0.0207. The number of ether oxygens (including phenoxy) is 3. The number of aromatic nitrogens is 1. The Labute approximate surface area is 257 Å². The van der Waals surface area contributed by atoms with Crippen LogP contribution in [-0.2, 0) is 32.1 Å². The zero-order valence-corrected chi connectivity index (χ0v) is 26.3. The highest BCUT2D eigenvalue weighted by Crippen LogP contribution is 2.35. The minimum atomic E-state index is -0.623. The van der Waals surface area contributed by atoms with Gasteiger partial charge in [-0.25, -0.2) is 14.2 Å². The van der Waals surface area contributed by atoms with Crippen molar-refractivity contribution >= 4 is 35.3 Å². The molecule has 2 amide bonds. The van der Waals surface area contributed by atoms with Crippen LogP contribution in [0.4, 0.5) is 14.9 Å². The Hall–Kier alpha value is -3.44. The molecule has 1 aromatic carbocycles. The van der Waals surface area contributed by atoms with E-state index in [1.807, 2.05) is 45.6 Å². The first-order valence-electron chi connectivity index (χ1n) is 14.4. The maximum Gasteiger partial charge on any atom is 0.410 e. The van der Waals surface area contributed by atoms with E-state index in [4.69, 9.17) is 25.8 Å². The van der Waals surface area contributed by atoms with Crippen LogP contribution in [0, 0.1) is 5.82 Å². The highest BCUT2D eigenvalue weighted by molar-refractivity contribution is 6.18. The first kappa shape index (κ1) is 32.5. The number of hydrogen-bond donors (Lipinski definition) is 0. The van der Waals surface area contributed by atoms with Crippen LogP contribution in [0.15, 0.2) is 30.3 Å². The maximum atomic E-state index is 14.0. The molecule has 12 heteroatoms. The average molecular weight is 619 g/mol. The number of anilines is 1. The molecule has 2 aliphatic heterocycles. The molecule has 10 nitrogen and oxygen atoms in total. The monoisotopic (exact) mass is 618 g/mol. The van der Waals surface area contributed by atoms with Gasteiger partial charge in [0.1, 0.15) is 30.3 Å². The molecule has 0 N–H and O–H groups in total. The van der Waals surface area contributed by atoms with Crippen LogP contribution in [0.5, 0.6) is 5.88 Å². The number of nitrogens with zero attached hydrogens (tertiary/aromatic N) is 4. The van der Waals surface area contributed by atoms with Crippen LogP contribution in [-0.4, -0.2) is 88.6 Å². The lowest BCUT2D eigenvalue weighted by Crippen LogP contribution is -2.62. The summed E-state index contributed by atoms with van der Waals surface area (Å²) in [6, 6.07) is 7.23. The molecule has 1 aromatic heterocycles. The smallest absolute Gasteiger partial charge is 0.410 e. The lowest BCUT2D eigenvalue weighted by molar-refractivity contribution is -0.142. The van der Waals surface area contributed by atoms with Gasteiger partial charge >= 0.3 is 12.1 Å². The van der Waals surface area contributed by atoms with E-state index in [0.717, 1.165) is 11.1 Å². The third-order valence-electron chi connectivity index (χ3n) is 7.39. The second-order valence-electron chi connectivity index (χ2n) is 12.1. The van der Waals surface area contributed by atoms with Crippen LogP contribution in [0.1, 0.15) is 58.4 Å². The van der Waals surface area contributed by atoms with Gasteiger partial charge in [-0.05, 0) is 70.4 Å². The summed E-state index contributed by atoms with van der Waals surface area (Å²) in [5.41, 5.74) is 1.93. The van der Waals surface area contributed by atoms with Gasteiger partial charge in [0.05, 0.1) is 18.3 Å². The number of carbonyl (C=O) groups excluding carboxylic acids is 3. The summed E-state index contributed by atoms with van der Waals surface area (Å²) in [5, 5.41) is 0. The third kappa shape index (κ3) is 8.14. The fourth-order valence-corrected chi connectivity index (χ4v) is 5.57. The summed E-state index contributed by atoms with van der Waals surface area (Å²) in [4.78, 5) is 48.4. The number of piperazine rings is 1. The molecule has 43 heavy (non-hydrogen) atoms. The number of amides is 2. The van der Waals surface area contributed by atoms with Gasteiger partial charge < -0.3 is 24.0 Å². The standard InChI is InChI=1S/C31H40ClFN4O6/c1-19-14-35(25(13-32)15-36(19)30(40)43-31(4,5)6)16-28(39)37-20(2)17-42-29-27(37)12-23(26(34-29)18-41-21(3)38)11-22-7-9-24(33)10-8-22/h7-10,12,19-20,25H,11,13-18H2,1-6H3/t19-,20+,25+/m1/s1. The van der Waals surface area contributed by atoms with E-state index in [-0.39, 0.29) is 61.4 Å². The van der Waals surface area contributed by atoms with Gasteiger partial charge in [0.25, 0.3) is 0 Å². The molecule has 0 aliphatic carbocycles. The second kappa shape index (κ2) is 13.5. The maximum absolute atomic E-state index is 14.0. The summed E-state index contributed by atoms with van der Waals surface area (Å²) < 4.78 is 30.3. The highest BCUT2D eigenvalue weighted by atomic mass is 35.5. The van der Waals surface area contributed by atoms with Gasteiger partial charge in [-0.15, -0.1) is 11.6 Å². The summed E-state index contributed by atoms with van der Waals surface area (Å²) in [7, 11) is 0. The quantitative estimate of drug-likeness (QED) is 0.329. The number of pyridine rings is 1. The molecular weight excluding hydrogens is 579 g/mol. The lowest BCUT2D eigenvalue weighted by Gasteiger charge is -2.45. The molecule has 0 spiro atoms. The van der Waals surface area contributed by atoms with E-state index in [2.05, 4.69) is 4.98 Å². The van der Waals surface area contributed by atoms with Crippen molar-refractivity contribution in [3.8, 4) is 5.88 Å². The average Bonchev–Trinajstić information content (AvgIpc) is 2.92. The van der Waals surface area contributed by atoms with Crippen LogP contribution in [0.25, 0.3) is 0 Å². The largest absolute Gasteiger partial charge is 0.474 e. The van der Waals surface area contributed by atoms with Crippen molar-refractivity contribution in [2.45, 2.75) is 78.3 Å². The Bertz CT molecular complexity index is 1330. The molecule has 0 saturated carbocycles. The van der Waals surface area contributed by atoms with Crippen LogP contribution < -0.4 is 9.64 Å². The van der Waals surface area contributed by atoms with E-state index in [9.17, 15) is 18.8 Å². The first-order valence-corrected chi connectivity index (χ1v) is 14.9. The second-order valence-corrected chi connectivity index (χ2v) is 12.5. The fraction of sp³-hybridized carbons (Fsp3) is 0.548. The predicted octanol–water partition coefficient (Wildman–Crippen LogP) is 4.54. The minimum absolute atomic E-state index is 0.0663. The fourth-order valence-electron chi connectivity index (χ4n) is 5.28. The minimum Gasteiger partial charge on any atom is -0.474 e. The number of esters is 1. The van der Waals surface area contributed by atoms with Gasteiger partial charge in [0.2, 0.25) is 11.8 Å². The van der Waals surface area contributed by atoms with Crippen molar-refractivity contribution in [1.82, 2.24) is 14.8 Å². The van der Waals surface area contributed by atoms with Gasteiger partial charge in [-0.1, -0.05) is 12.1 Å². The predicted molar refractivity (Wildman–Crippen MR) is 160 cm³/mol. The molecule has 4 rings (SSSR count). The molecule has 0 unspecified atom stereocenters. The third-order valence-corrected chi connectivity index (χ3v) is 7.74. The van der Waals surface area contributed by atoms with Gasteiger partial charge in [-0.2, -0.15) is 0 Å². The number of hydrogen-bond acceptors (Lipinski definition) is 8. The van der Waals surface area contributed by atoms with E-state index in [0.29, 0.717) is 30.9 Å². The van der Waals surface area contributed by atoms with Crippen LogP contribution in [0.3, 0.4) is 0 Å². The van der Waals surface area contributed by atoms with Crippen molar-refractivity contribution in [2.75, 3.05) is 37.0 Å². The van der Waals surface area contributed by atoms with Gasteiger partial charge in [0, 0.05) is 38.0 Å². The molecule has 1 saturated heterocycles. The molecule has 2 aliphatic rings. The molecule has 0 radical (unpaired) electrons. The molecule has 1 fully saturated rings. The normalized spacial score (nSPS) is 20.7. The Morgan fingerprint density at radius 2 is 1.81 bits per heavy atom. The number of rotatable bonds is 7. The summed E-state index contributed by atoms with van der Waals surface area (Å²) >= 11 is 6.35. The van der Waals surface area contributed by atoms with Crippen molar-refractivity contribution < 1.29 is 33.0 Å². The van der Waals surface area contributed by atoms with E-state index >= 15 is 0 Å². The Morgan fingerprint density at radius 3 is 2.44 bits per heavy atom. The Kier molecular flexibility index (Phi) is 10.2. The van der Waals surface area contributed by atoms with Crippen LogP contribution in [0.2, 0.25) is 0 Å². The van der Waals surface area contributed by atoms with Gasteiger partial charge in [-0.3, -0.25) is 14.5 Å². The highest BCUT2D eigenvalue weighted by Gasteiger charge is 2.39. The zero-order valence-electron chi connectivity index (χ0n) is 25.6. The molecule has 3 atom stereocenters. The Balaban J connectivity index is 1.59. The Morgan fingerprint density at radius 1 is 1.12 bits per heavy atom. The zero-order chi connectivity index (χ0) is 31.5. The topological polar surface area (TPSA) is 102 Å². The molecule has 2 aromatic rings. The van der Waals surface area contributed by atoms with Crippen LogP contribution >= 0.6 is 11.6 Å². The molecule has 3 heterocycles. The van der Waals surface area contributed by atoms with E-state index in [1.165, 1.54) is 19.1 Å². The summed E-state index contributed by atoms with van der Waals surface area (Å²) in [6.45, 7) is 11.6. The molecule has 0 bridgehead atoms. The molecule has 234 valence electrons. The first-order chi connectivity index (χ1) is 20.3. The SMILES string of the molecule is CC(=O)OCc1nc2c(cc1Cc1ccc(F)cc1)N(C(=O)CN1C[C@@H](C)N(C(=O)OC(C)(C)C)C[C@@H]1CCl)[C@@H](C)CO2. The summed E-state index contributed by atoms with van der Waals surface area (Å²) in [5.74, 6) is -0.450.